The fraction of sp³-hybridized carbons (Fsp3) is 0.400. The number of primary sulfonamides is 1. The molecule has 0 spiro atoms. The van der Waals surface area contributed by atoms with Gasteiger partial charge in [0.2, 0.25) is 10.0 Å². The molecule has 0 aliphatic carbocycles. The number of anilines is 1. The number of hydrogen-bond donors (Lipinski definition) is 3. The lowest BCUT2D eigenvalue weighted by Gasteiger charge is -2.12. The van der Waals surface area contributed by atoms with Crippen LogP contribution in [-0.2, 0) is 10.0 Å². The van der Waals surface area contributed by atoms with Crippen LogP contribution in [0.1, 0.15) is 5.56 Å². The first-order valence-corrected chi connectivity index (χ1v) is 7.04. The lowest BCUT2D eigenvalue weighted by molar-refractivity contribution is 0.211. The molecule has 1 aromatic rings. The van der Waals surface area contributed by atoms with Crippen molar-refractivity contribution in [2.45, 2.75) is 17.9 Å². The Kier molecular flexibility index (Phi) is 4.76. The lowest BCUT2D eigenvalue weighted by atomic mass is 10.2. The molecule has 17 heavy (non-hydrogen) atoms. The van der Waals surface area contributed by atoms with Gasteiger partial charge in [-0.05, 0) is 24.6 Å². The molecular weight excluding hydrogens is 264 g/mol. The fourth-order valence-corrected chi connectivity index (χ4v) is 2.22. The van der Waals surface area contributed by atoms with E-state index < -0.39 is 16.1 Å². The van der Waals surface area contributed by atoms with Gasteiger partial charge in [-0.2, -0.15) is 0 Å². The van der Waals surface area contributed by atoms with Crippen LogP contribution in [0, 0.1) is 6.92 Å². The van der Waals surface area contributed by atoms with Crippen LogP contribution in [0.25, 0.3) is 0 Å². The van der Waals surface area contributed by atoms with Gasteiger partial charge in [-0.25, -0.2) is 13.6 Å². The minimum Gasteiger partial charge on any atom is -0.390 e. The maximum Gasteiger partial charge on any atom is 0.238 e. The van der Waals surface area contributed by atoms with Crippen molar-refractivity contribution in [3.63, 3.8) is 0 Å². The van der Waals surface area contributed by atoms with Gasteiger partial charge in [0.05, 0.1) is 16.9 Å². The molecule has 0 aliphatic rings. The molecule has 5 nitrogen and oxygen atoms in total. The third kappa shape index (κ3) is 4.16. The summed E-state index contributed by atoms with van der Waals surface area (Å²) >= 11 is 5.44. The van der Waals surface area contributed by atoms with Gasteiger partial charge in [0.1, 0.15) is 0 Å². The predicted molar refractivity (Wildman–Crippen MR) is 67.8 cm³/mol. The Labute approximate surface area is 106 Å². The first-order valence-electron chi connectivity index (χ1n) is 4.96. The second-order valence-corrected chi connectivity index (χ2v) is 5.55. The van der Waals surface area contributed by atoms with E-state index in [-0.39, 0.29) is 17.3 Å². The van der Waals surface area contributed by atoms with Gasteiger partial charge >= 0.3 is 0 Å². The monoisotopic (exact) mass is 278 g/mol. The first-order chi connectivity index (χ1) is 7.84. The third-order valence-electron chi connectivity index (χ3n) is 2.21. The van der Waals surface area contributed by atoms with Gasteiger partial charge in [-0.3, -0.25) is 0 Å². The molecular formula is C10H15ClN2O3S. The maximum absolute atomic E-state index is 11.3. The van der Waals surface area contributed by atoms with Crippen LogP contribution >= 0.6 is 11.6 Å². The highest BCUT2D eigenvalue weighted by molar-refractivity contribution is 7.89. The summed E-state index contributed by atoms with van der Waals surface area (Å²) in [5.74, 6) is 0.112. The van der Waals surface area contributed by atoms with Crippen LogP contribution in [0.2, 0.25) is 0 Å². The molecule has 0 aliphatic heterocycles. The Balaban J connectivity index is 2.90. The van der Waals surface area contributed by atoms with Crippen LogP contribution in [0.5, 0.6) is 0 Å². The maximum atomic E-state index is 11.3. The SMILES string of the molecule is Cc1ccc(NCC(O)CCl)cc1S(N)(=O)=O. The topological polar surface area (TPSA) is 92.4 Å². The minimum absolute atomic E-state index is 0.0721. The summed E-state index contributed by atoms with van der Waals surface area (Å²) in [5, 5.41) is 17.2. The molecule has 0 saturated carbocycles. The highest BCUT2D eigenvalue weighted by atomic mass is 35.5. The molecule has 0 fully saturated rings. The van der Waals surface area contributed by atoms with Crippen molar-refractivity contribution in [2.24, 2.45) is 5.14 Å². The number of nitrogens with one attached hydrogen (secondary N) is 1. The van der Waals surface area contributed by atoms with Crippen molar-refractivity contribution in [2.75, 3.05) is 17.7 Å². The Hall–Kier alpha value is -0.820. The molecule has 7 heteroatoms. The van der Waals surface area contributed by atoms with Gasteiger partial charge in [0, 0.05) is 12.2 Å². The molecule has 0 radical (unpaired) electrons. The standard InChI is InChI=1S/C10H15ClN2O3S/c1-7-2-3-8(13-6-9(14)5-11)4-10(7)17(12,15)16/h2-4,9,13-14H,5-6H2,1H3,(H2,12,15,16). The smallest absolute Gasteiger partial charge is 0.238 e. The van der Waals surface area contributed by atoms with Gasteiger partial charge in [0.15, 0.2) is 0 Å². The van der Waals surface area contributed by atoms with Crippen molar-refractivity contribution in [3.05, 3.63) is 23.8 Å². The molecule has 1 atom stereocenters. The minimum atomic E-state index is -3.73. The summed E-state index contributed by atoms with van der Waals surface area (Å²) < 4.78 is 22.6. The van der Waals surface area contributed by atoms with E-state index in [2.05, 4.69) is 5.32 Å². The van der Waals surface area contributed by atoms with E-state index in [1.165, 1.54) is 6.07 Å². The number of alkyl halides is 1. The molecule has 1 aromatic carbocycles. The summed E-state index contributed by atoms with van der Waals surface area (Å²) in [6.45, 7) is 1.91. The molecule has 0 aromatic heterocycles. The van der Waals surface area contributed by atoms with E-state index in [1.807, 2.05) is 0 Å². The quantitative estimate of drug-likeness (QED) is 0.690. The number of benzene rings is 1. The average Bonchev–Trinajstić information content (AvgIpc) is 2.26. The van der Waals surface area contributed by atoms with Gasteiger partial charge < -0.3 is 10.4 Å². The van der Waals surface area contributed by atoms with Crippen molar-refractivity contribution in [3.8, 4) is 0 Å². The zero-order valence-electron chi connectivity index (χ0n) is 9.35. The zero-order chi connectivity index (χ0) is 13.1. The van der Waals surface area contributed by atoms with Crippen LogP contribution in [0.3, 0.4) is 0 Å². The van der Waals surface area contributed by atoms with Crippen LogP contribution in [-0.4, -0.2) is 32.1 Å². The van der Waals surface area contributed by atoms with Crippen molar-refractivity contribution >= 4 is 27.3 Å². The summed E-state index contributed by atoms with van der Waals surface area (Å²) in [6.07, 6.45) is -0.684. The summed E-state index contributed by atoms with van der Waals surface area (Å²) in [7, 11) is -3.73. The van der Waals surface area contributed by atoms with E-state index in [1.54, 1.807) is 19.1 Å². The zero-order valence-corrected chi connectivity index (χ0v) is 10.9. The second kappa shape index (κ2) is 5.68. The number of aliphatic hydroxyl groups is 1. The molecule has 4 N–H and O–H groups in total. The number of aryl methyl sites for hydroxylation is 1. The third-order valence-corrected chi connectivity index (χ3v) is 3.62. The van der Waals surface area contributed by atoms with Crippen LogP contribution < -0.4 is 10.5 Å². The molecule has 0 amide bonds. The Morgan fingerprint density at radius 3 is 2.71 bits per heavy atom. The number of sulfonamides is 1. The highest BCUT2D eigenvalue weighted by Crippen LogP contribution is 2.18. The van der Waals surface area contributed by atoms with E-state index >= 15 is 0 Å². The number of hydrogen-bond acceptors (Lipinski definition) is 4. The molecule has 0 saturated heterocycles. The number of halogens is 1. The van der Waals surface area contributed by atoms with Crippen LogP contribution in [0.4, 0.5) is 5.69 Å². The normalized spacial score (nSPS) is 13.4. The number of nitrogens with two attached hydrogens (primary N) is 1. The second-order valence-electron chi connectivity index (χ2n) is 3.71. The van der Waals surface area contributed by atoms with Crippen molar-refractivity contribution in [1.82, 2.24) is 0 Å². The molecule has 0 bridgehead atoms. The molecule has 1 unspecified atom stereocenters. The van der Waals surface area contributed by atoms with E-state index in [0.717, 1.165) is 0 Å². The highest BCUT2D eigenvalue weighted by Gasteiger charge is 2.12. The van der Waals surface area contributed by atoms with Gasteiger partial charge in [0.25, 0.3) is 0 Å². The lowest BCUT2D eigenvalue weighted by Crippen LogP contribution is -2.21. The predicted octanol–water partition coefficient (Wildman–Crippen LogP) is 0.654. The van der Waals surface area contributed by atoms with Gasteiger partial charge in [-0.15, -0.1) is 11.6 Å². The summed E-state index contributed by atoms with van der Waals surface area (Å²) in [5.41, 5.74) is 1.15. The fourth-order valence-electron chi connectivity index (χ4n) is 1.31. The molecule has 96 valence electrons. The van der Waals surface area contributed by atoms with Crippen molar-refractivity contribution in [1.29, 1.82) is 0 Å². The first kappa shape index (κ1) is 14.2. The van der Waals surface area contributed by atoms with Crippen molar-refractivity contribution < 1.29 is 13.5 Å². The average molecular weight is 279 g/mol. The number of rotatable bonds is 5. The van der Waals surface area contributed by atoms with Gasteiger partial charge in [-0.1, -0.05) is 6.07 Å². The largest absolute Gasteiger partial charge is 0.390 e. The summed E-state index contributed by atoms with van der Waals surface area (Å²) in [4.78, 5) is 0.0721. The molecule has 0 heterocycles. The Bertz CT molecular complexity index is 490. The number of aliphatic hydroxyl groups excluding tert-OH is 1. The van der Waals surface area contributed by atoms with E-state index in [9.17, 15) is 13.5 Å². The van der Waals surface area contributed by atoms with Crippen LogP contribution in [0.15, 0.2) is 23.1 Å². The Morgan fingerprint density at radius 1 is 1.53 bits per heavy atom. The van der Waals surface area contributed by atoms with E-state index in [4.69, 9.17) is 16.7 Å². The Morgan fingerprint density at radius 2 is 2.18 bits per heavy atom. The molecule has 1 rings (SSSR count). The summed E-state index contributed by atoms with van der Waals surface area (Å²) in [6, 6.07) is 4.80. The van der Waals surface area contributed by atoms with E-state index in [0.29, 0.717) is 11.3 Å².